The summed E-state index contributed by atoms with van der Waals surface area (Å²) in [6.07, 6.45) is 2.35. The molecule has 5 nitrogen and oxygen atoms in total. The Morgan fingerprint density at radius 2 is 2.42 bits per heavy atom. The van der Waals surface area contributed by atoms with E-state index >= 15 is 0 Å². The molecule has 1 atom stereocenters. The minimum Gasteiger partial charge on any atom is -0.484 e. The molecule has 1 fully saturated rings. The molecule has 100 valence electrons. The summed E-state index contributed by atoms with van der Waals surface area (Å²) in [5.74, 6) is 3.17. The van der Waals surface area contributed by atoms with Gasteiger partial charge in [-0.1, -0.05) is 11.2 Å². The minimum absolute atomic E-state index is 0.272. The first-order valence-electron chi connectivity index (χ1n) is 6.24. The van der Waals surface area contributed by atoms with Gasteiger partial charge in [0.05, 0.1) is 5.25 Å². The van der Waals surface area contributed by atoms with Gasteiger partial charge in [-0.15, -0.1) is 0 Å². The molecule has 0 spiro atoms. The molecule has 1 aromatic carbocycles. The van der Waals surface area contributed by atoms with Crippen LogP contribution in [0.1, 0.15) is 29.8 Å². The van der Waals surface area contributed by atoms with Crippen molar-refractivity contribution in [3.8, 4) is 5.75 Å². The predicted molar refractivity (Wildman–Crippen MR) is 73.9 cm³/mol. The van der Waals surface area contributed by atoms with Crippen molar-refractivity contribution in [2.45, 2.75) is 24.7 Å². The van der Waals surface area contributed by atoms with E-state index < -0.39 is 0 Å². The Labute approximate surface area is 115 Å². The fourth-order valence-electron chi connectivity index (χ4n) is 1.99. The molecule has 2 aromatic rings. The molecule has 3 rings (SSSR count). The summed E-state index contributed by atoms with van der Waals surface area (Å²) >= 11 is 1.88. The Morgan fingerprint density at radius 1 is 1.47 bits per heavy atom. The fourth-order valence-corrected chi connectivity index (χ4v) is 3.18. The zero-order valence-corrected chi connectivity index (χ0v) is 11.2. The number of nitrogen functional groups attached to an aromatic ring is 1. The van der Waals surface area contributed by atoms with Crippen LogP contribution < -0.4 is 10.5 Å². The highest BCUT2D eigenvalue weighted by molar-refractivity contribution is 7.99. The van der Waals surface area contributed by atoms with E-state index in [2.05, 4.69) is 10.1 Å². The predicted octanol–water partition coefficient (Wildman–Crippen LogP) is 2.80. The van der Waals surface area contributed by atoms with Gasteiger partial charge in [-0.3, -0.25) is 0 Å². The van der Waals surface area contributed by atoms with Gasteiger partial charge in [-0.25, -0.2) is 0 Å². The van der Waals surface area contributed by atoms with Gasteiger partial charge in [-0.05, 0) is 30.7 Å². The Morgan fingerprint density at radius 3 is 3.21 bits per heavy atom. The number of nitrogens with two attached hydrogens (primary N) is 1. The maximum atomic E-state index is 5.68. The van der Waals surface area contributed by atoms with Crippen molar-refractivity contribution in [2.24, 2.45) is 0 Å². The maximum absolute atomic E-state index is 5.68. The number of nitrogens with zero attached hydrogens (tertiary/aromatic N) is 2. The van der Waals surface area contributed by atoms with Crippen molar-refractivity contribution in [1.82, 2.24) is 10.1 Å². The third-order valence-corrected chi connectivity index (χ3v) is 4.30. The van der Waals surface area contributed by atoms with E-state index in [0.29, 0.717) is 22.6 Å². The lowest BCUT2D eigenvalue weighted by atomic mass is 10.2. The molecule has 0 bridgehead atoms. The molecule has 19 heavy (non-hydrogen) atoms. The highest BCUT2D eigenvalue weighted by Gasteiger charge is 2.22. The number of aromatic nitrogens is 2. The second-order valence-corrected chi connectivity index (χ2v) is 5.72. The zero-order chi connectivity index (χ0) is 13.1. The SMILES string of the molecule is Nc1cccc(OCc2nc(C3CCCS3)no2)c1. The van der Waals surface area contributed by atoms with Crippen LogP contribution in [0.3, 0.4) is 0 Å². The Balaban J connectivity index is 1.61. The second kappa shape index (κ2) is 5.52. The van der Waals surface area contributed by atoms with E-state index in [-0.39, 0.29) is 6.61 Å². The van der Waals surface area contributed by atoms with Crippen molar-refractivity contribution in [3.05, 3.63) is 36.0 Å². The topological polar surface area (TPSA) is 74.2 Å². The van der Waals surface area contributed by atoms with E-state index in [4.69, 9.17) is 15.0 Å². The molecular formula is C13H15N3O2S. The van der Waals surface area contributed by atoms with E-state index in [1.165, 1.54) is 12.2 Å². The summed E-state index contributed by atoms with van der Waals surface area (Å²) in [7, 11) is 0. The number of thioether (sulfide) groups is 1. The van der Waals surface area contributed by atoms with Gasteiger partial charge in [0.1, 0.15) is 5.75 Å². The van der Waals surface area contributed by atoms with Crippen LogP contribution >= 0.6 is 11.8 Å². The summed E-state index contributed by atoms with van der Waals surface area (Å²) < 4.78 is 10.8. The van der Waals surface area contributed by atoms with Gasteiger partial charge >= 0.3 is 0 Å². The summed E-state index contributed by atoms with van der Waals surface area (Å²) in [6.45, 7) is 0.272. The van der Waals surface area contributed by atoms with Gasteiger partial charge in [-0.2, -0.15) is 16.7 Å². The number of ether oxygens (including phenoxy) is 1. The van der Waals surface area contributed by atoms with Crippen LogP contribution in [0, 0.1) is 0 Å². The number of hydrogen-bond donors (Lipinski definition) is 1. The highest BCUT2D eigenvalue weighted by atomic mass is 32.2. The molecule has 0 saturated carbocycles. The Kier molecular flexibility index (Phi) is 3.59. The summed E-state index contributed by atoms with van der Waals surface area (Å²) in [5.41, 5.74) is 6.35. The average Bonchev–Trinajstić information content (AvgIpc) is 3.07. The average molecular weight is 277 g/mol. The monoisotopic (exact) mass is 277 g/mol. The first kappa shape index (κ1) is 12.3. The molecule has 6 heteroatoms. The summed E-state index contributed by atoms with van der Waals surface area (Å²) in [4.78, 5) is 4.37. The van der Waals surface area contributed by atoms with E-state index in [0.717, 1.165) is 12.2 Å². The van der Waals surface area contributed by atoms with Crippen LogP contribution in [-0.4, -0.2) is 15.9 Å². The van der Waals surface area contributed by atoms with Crippen molar-refractivity contribution in [1.29, 1.82) is 0 Å². The molecule has 2 N–H and O–H groups in total. The number of benzene rings is 1. The van der Waals surface area contributed by atoms with Crippen molar-refractivity contribution in [2.75, 3.05) is 11.5 Å². The van der Waals surface area contributed by atoms with Crippen molar-refractivity contribution in [3.63, 3.8) is 0 Å². The third-order valence-electron chi connectivity index (χ3n) is 2.92. The smallest absolute Gasteiger partial charge is 0.264 e. The van der Waals surface area contributed by atoms with Gasteiger partial charge in [0.25, 0.3) is 5.89 Å². The molecule has 2 heterocycles. The van der Waals surface area contributed by atoms with Crippen LogP contribution in [0.4, 0.5) is 5.69 Å². The largest absolute Gasteiger partial charge is 0.484 e. The molecule has 1 unspecified atom stereocenters. The van der Waals surface area contributed by atoms with Crippen molar-refractivity contribution < 1.29 is 9.26 Å². The summed E-state index contributed by atoms with van der Waals surface area (Å²) in [6, 6.07) is 7.28. The molecule has 0 aliphatic carbocycles. The van der Waals surface area contributed by atoms with Gasteiger partial charge < -0.3 is 15.0 Å². The molecule has 1 aliphatic heterocycles. The van der Waals surface area contributed by atoms with Crippen LogP contribution in [0.25, 0.3) is 0 Å². The van der Waals surface area contributed by atoms with E-state index in [1.54, 1.807) is 6.07 Å². The Bertz CT molecular complexity index is 552. The van der Waals surface area contributed by atoms with Crippen LogP contribution in [0.2, 0.25) is 0 Å². The lowest BCUT2D eigenvalue weighted by molar-refractivity contribution is 0.242. The Hall–Kier alpha value is -1.69. The highest BCUT2D eigenvalue weighted by Crippen LogP contribution is 2.38. The first-order valence-corrected chi connectivity index (χ1v) is 7.28. The molecule has 1 saturated heterocycles. The standard InChI is InChI=1S/C13H15N3O2S/c14-9-3-1-4-10(7-9)17-8-12-15-13(16-18-12)11-5-2-6-19-11/h1,3-4,7,11H,2,5-6,8,14H2. The normalized spacial score (nSPS) is 18.6. The van der Waals surface area contributed by atoms with Gasteiger partial charge in [0.15, 0.2) is 12.4 Å². The molecule has 0 radical (unpaired) electrons. The summed E-state index contributed by atoms with van der Waals surface area (Å²) in [5, 5.41) is 4.40. The van der Waals surface area contributed by atoms with Crippen LogP contribution in [-0.2, 0) is 6.61 Å². The molecule has 1 aromatic heterocycles. The van der Waals surface area contributed by atoms with Gasteiger partial charge in [0.2, 0.25) is 0 Å². The zero-order valence-electron chi connectivity index (χ0n) is 10.4. The van der Waals surface area contributed by atoms with Crippen molar-refractivity contribution >= 4 is 17.4 Å². The number of anilines is 1. The van der Waals surface area contributed by atoms with Gasteiger partial charge in [0, 0.05) is 11.8 Å². The molecule has 0 amide bonds. The second-order valence-electron chi connectivity index (χ2n) is 4.41. The quantitative estimate of drug-likeness (QED) is 0.866. The first-order chi connectivity index (χ1) is 9.31. The minimum atomic E-state index is 0.272. The maximum Gasteiger partial charge on any atom is 0.264 e. The third kappa shape index (κ3) is 3.01. The molecule has 1 aliphatic rings. The fraction of sp³-hybridized carbons (Fsp3) is 0.385. The lowest BCUT2D eigenvalue weighted by Gasteiger charge is -2.03. The van der Waals surface area contributed by atoms with E-state index in [1.807, 2.05) is 30.0 Å². The molecular weight excluding hydrogens is 262 g/mol. The lowest BCUT2D eigenvalue weighted by Crippen LogP contribution is -1.97. The number of hydrogen-bond acceptors (Lipinski definition) is 6. The van der Waals surface area contributed by atoms with Crippen LogP contribution in [0.5, 0.6) is 5.75 Å². The number of rotatable bonds is 4. The van der Waals surface area contributed by atoms with Crippen LogP contribution in [0.15, 0.2) is 28.8 Å². The van der Waals surface area contributed by atoms with E-state index in [9.17, 15) is 0 Å².